The van der Waals surface area contributed by atoms with Crippen LogP contribution >= 0.6 is 35.5 Å². The first kappa shape index (κ1) is 23.2. The van der Waals surface area contributed by atoms with Gasteiger partial charge in [0.05, 0.1) is 0 Å². The van der Waals surface area contributed by atoms with Crippen LogP contribution < -0.4 is 10.5 Å². The molecular weight excluding hydrogens is 426 g/mol. The van der Waals surface area contributed by atoms with Crippen molar-refractivity contribution in [3.63, 3.8) is 0 Å². The van der Waals surface area contributed by atoms with E-state index in [-0.39, 0.29) is 26.9 Å². The fourth-order valence-corrected chi connectivity index (χ4v) is 7.21. The molecule has 146 valence electrons. The molecular formula is C13H24ClN3O4S4. The van der Waals surface area contributed by atoms with Crippen LogP contribution in [-0.2, 0) is 20.0 Å². The van der Waals surface area contributed by atoms with Crippen molar-refractivity contribution >= 4 is 55.6 Å². The van der Waals surface area contributed by atoms with E-state index in [1.54, 1.807) is 11.8 Å². The third kappa shape index (κ3) is 5.32. The molecule has 0 spiro atoms. The van der Waals surface area contributed by atoms with Crippen LogP contribution in [0.1, 0.15) is 25.5 Å². The van der Waals surface area contributed by atoms with Crippen LogP contribution in [0.3, 0.4) is 0 Å². The summed E-state index contributed by atoms with van der Waals surface area (Å²) in [5.74, 6) is 1.07. The highest BCUT2D eigenvalue weighted by atomic mass is 35.5. The van der Waals surface area contributed by atoms with Crippen molar-refractivity contribution in [1.29, 1.82) is 0 Å². The second-order valence-electron chi connectivity index (χ2n) is 6.06. The highest BCUT2D eigenvalue weighted by Crippen LogP contribution is 2.39. The minimum Gasteiger partial charge on any atom is -0.309 e. The minimum atomic E-state index is -3.93. The number of halogens is 1. The number of thioether (sulfide) groups is 1. The molecule has 0 fully saturated rings. The maximum atomic E-state index is 12.8. The van der Waals surface area contributed by atoms with Crippen LogP contribution in [-0.4, -0.2) is 52.8 Å². The predicted octanol–water partition coefficient (Wildman–Crippen LogP) is 1.47. The van der Waals surface area contributed by atoms with Gasteiger partial charge in [-0.2, -0.15) is 16.1 Å². The number of nitrogens with two attached hydrogens (primary N) is 1. The Labute approximate surface area is 164 Å². The number of fused-ring (bicyclic) bond motifs is 1. The van der Waals surface area contributed by atoms with Crippen LogP contribution in [0.4, 0.5) is 0 Å². The fourth-order valence-electron chi connectivity index (χ4n) is 2.42. The Morgan fingerprint density at radius 3 is 2.64 bits per heavy atom. The second kappa shape index (κ2) is 8.87. The molecule has 2 heterocycles. The van der Waals surface area contributed by atoms with Gasteiger partial charge >= 0.3 is 0 Å². The van der Waals surface area contributed by atoms with Gasteiger partial charge in [-0.25, -0.2) is 22.0 Å². The zero-order valence-corrected chi connectivity index (χ0v) is 18.3. The van der Waals surface area contributed by atoms with Gasteiger partial charge < -0.3 is 5.32 Å². The van der Waals surface area contributed by atoms with Crippen molar-refractivity contribution in [2.75, 3.05) is 31.6 Å². The molecule has 0 aliphatic carbocycles. The monoisotopic (exact) mass is 449 g/mol. The number of nitrogens with zero attached hydrogens (tertiary/aromatic N) is 1. The van der Waals surface area contributed by atoms with Crippen LogP contribution in [0.2, 0.25) is 0 Å². The number of sulfonamides is 2. The van der Waals surface area contributed by atoms with Gasteiger partial charge in [-0.3, -0.25) is 0 Å². The first-order chi connectivity index (χ1) is 11.1. The van der Waals surface area contributed by atoms with Gasteiger partial charge in [-0.1, -0.05) is 13.8 Å². The first-order valence-corrected chi connectivity index (χ1v) is 12.7. The summed E-state index contributed by atoms with van der Waals surface area (Å²) in [6.07, 6.45) is 1.92. The summed E-state index contributed by atoms with van der Waals surface area (Å²) in [7, 11) is -7.62. The van der Waals surface area contributed by atoms with Crippen LogP contribution in [0.15, 0.2) is 14.5 Å². The molecule has 1 aliphatic heterocycles. The van der Waals surface area contributed by atoms with Crippen molar-refractivity contribution in [3.05, 3.63) is 11.6 Å². The van der Waals surface area contributed by atoms with E-state index in [2.05, 4.69) is 19.2 Å². The summed E-state index contributed by atoms with van der Waals surface area (Å²) in [6.45, 7) is 5.51. The molecule has 0 amide bonds. The zero-order chi connectivity index (χ0) is 18.1. The normalized spacial score (nSPS) is 20.3. The molecule has 12 heteroatoms. The second-order valence-corrected chi connectivity index (χ2v) is 12.0. The Kier molecular flexibility index (Phi) is 8.22. The molecule has 0 saturated carbocycles. The quantitative estimate of drug-likeness (QED) is 0.652. The van der Waals surface area contributed by atoms with Crippen LogP contribution in [0.5, 0.6) is 0 Å². The largest absolute Gasteiger partial charge is 0.309 e. The minimum absolute atomic E-state index is 0. The third-order valence-corrected chi connectivity index (χ3v) is 9.19. The van der Waals surface area contributed by atoms with Crippen LogP contribution in [0.25, 0.3) is 0 Å². The lowest BCUT2D eigenvalue weighted by Crippen LogP contribution is -2.44. The molecule has 0 saturated heterocycles. The molecule has 1 unspecified atom stereocenters. The van der Waals surface area contributed by atoms with Gasteiger partial charge in [0, 0.05) is 30.4 Å². The predicted molar refractivity (Wildman–Crippen MR) is 106 cm³/mol. The fraction of sp³-hybridized carbons (Fsp3) is 0.692. The van der Waals surface area contributed by atoms with Crippen molar-refractivity contribution < 1.29 is 16.8 Å². The summed E-state index contributed by atoms with van der Waals surface area (Å²) in [5.41, 5.74) is 0.505. The van der Waals surface area contributed by atoms with Gasteiger partial charge in [0.25, 0.3) is 10.0 Å². The highest BCUT2D eigenvalue weighted by Gasteiger charge is 2.39. The Balaban J connectivity index is 0.00000312. The van der Waals surface area contributed by atoms with Crippen molar-refractivity contribution in [1.82, 2.24) is 9.62 Å². The van der Waals surface area contributed by atoms with Crippen molar-refractivity contribution in [3.8, 4) is 0 Å². The van der Waals surface area contributed by atoms with E-state index in [0.717, 1.165) is 11.3 Å². The Morgan fingerprint density at radius 2 is 2.12 bits per heavy atom. The van der Waals surface area contributed by atoms with Crippen molar-refractivity contribution in [2.24, 2.45) is 11.1 Å². The number of nitrogens with one attached hydrogen (secondary N) is 1. The average Bonchev–Trinajstić information content (AvgIpc) is 2.91. The number of hydrogen-bond acceptors (Lipinski definition) is 7. The molecule has 1 aliphatic rings. The van der Waals surface area contributed by atoms with Gasteiger partial charge in [-0.15, -0.1) is 23.7 Å². The molecule has 0 bridgehead atoms. The smallest absolute Gasteiger partial charge is 0.253 e. The maximum Gasteiger partial charge on any atom is 0.253 e. The number of primary sulfonamides is 1. The summed E-state index contributed by atoms with van der Waals surface area (Å²) >= 11 is 2.30. The highest BCUT2D eigenvalue weighted by molar-refractivity contribution is 7.98. The number of thiophene rings is 1. The lowest BCUT2D eigenvalue weighted by Gasteiger charge is -2.32. The molecule has 25 heavy (non-hydrogen) atoms. The molecule has 3 N–H and O–H groups in total. The van der Waals surface area contributed by atoms with E-state index in [1.807, 2.05) is 6.26 Å². The van der Waals surface area contributed by atoms with E-state index in [9.17, 15) is 16.8 Å². The van der Waals surface area contributed by atoms with E-state index < -0.39 is 20.0 Å². The van der Waals surface area contributed by atoms with Gasteiger partial charge in [-0.05, 0) is 24.8 Å². The lowest BCUT2D eigenvalue weighted by atomic mass is 10.1. The Hall–Kier alpha value is 0.120. The topological polar surface area (TPSA) is 110 Å². The van der Waals surface area contributed by atoms with Gasteiger partial charge in [0.2, 0.25) is 10.0 Å². The van der Waals surface area contributed by atoms with Crippen LogP contribution in [0, 0.1) is 5.92 Å². The number of rotatable bonds is 7. The van der Waals surface area contributed by atoms with Gasteiger partial charge in [0.1, 0.15) is 8.42 Å². The Bertz CT molecular complexity index is 792. The summed E-state index contributed by atoms with van der Waals surface area (Å²) < 4.78 is 50.3. The zero-order valence-electron chi connectivity index (χ0n) is 14.3. The molecule has 0 aromatic carbocycles. The Morgan fingerprint density at radius 1 is 1.48 bits per heavy atom. The SMILES string of the molecule is CSCCN1CC(NCC(C)C)c2cc(S(N)(=O)=O)sc2S1(=O)=O.Cl. The van der Waals surface area contributed by atoms with E-state index in [0.29, 0.717) is 36.9 Å². The molecule has 1 aromatic heterocycles. The number of hydrogen-bond donors (Lipinski definition) is 2. The summed E-state index contributed by atoms with van der Waals surface area (Å²) in [4.78, 5) is 0. The van der Waals surface area contributed by atoms with E-state index in [4.69, 9.17) is 5.14 Å². The molecule has 1 atom stereocenters. The average molecular weight is 450 g/mol. The standard InChI is InChI=1S/C13H23N3O4S4.ClH/c1-9(2)7-15-11-8-16(4-5-21-3)24(19,20)13-10(11)6-12(22-13)23(14,17)18;/h6,9,11,15H,4-5,7-8H2,1-3H3,(H2,14,17,18);1H. The summed E-state index contributed by atoms with van der Waals surface area (Å²) in [5, 5.41) is 8.53. The molecule has 1 aromatic rings. The third-order valence-electron chi connectivity index (χ3n) is 3.64. The van der Waals surface area contributed by atoms with E-state index in [1.165, 1.54) is 10.4 Å². The molecule has 0 radical (unpaired) electrons. The molecule has 7 nitrogen and oxygen atoms in total. The molecule has 2 rings (SSSR count). The maximum absolute atomic E-state index is 12.8. The van der Waals surface area contributed by atoms with Crippen molar-refractivity contribution in [2.45, 2.75) is 28.3 Å². The first-order valence-electron chi connectivity index (χ1n) is 7.46. The van der Waals surface area contributed by atoms with E-state index >= 15 is 0 Å². The van der Waals surface area contributed by atoms with Gasteiger partial charge in [0.15, 0.2) is 0 Å². The summed E-state index contributed by atoms with van der Waals surface area (Å²) in [6, 6.07) is 1.16. The lowest BCUT2D eigenvalue weighted by molar-refractivity contribution is 0.344.